The van der Waals surface area contributed by atoms with Crippen LogP contribution in [0.2, 0.25) is 0 Å². The second kappa shape index (κ2) is 7.38. The lowest BCUT2D eigenvalue weighted by molar-refractivity contribution is -0.136. The number of aromatic nitrogens is 2. The van der Waals surface area contributed by atoms with E-state index in [-0.39, 0.29) is 11.8 Å². The van der Waals surface area contributed by atoms with Crippen LogP contribution in [0.1, 0.15) is 12.5 Å². The van der Waals surface area contributed by atoms with Crippen LogP contribution in [0.25, 0.3) is 0 Å². The highest BCUT2D eigenvalue weighted by atomic mass is 16.5. The summed E-state index contributed by atoms with van der Waals surface area (Å²) in [4.78, 5) is 14.7. The average molecular weight is 329 g/mol. The highest BCUT2D eigenvalue weighted by Gasteiger charge is 2.30. The quantitative estimate of drug-likeness (QED) is 0.813. The number of ether oxygens (including phenoxy) is 2. The summed E-state index contributed by atoms with van der Waals surface area (Å²) in [5, 5.41) is 4.18. The van der Waals surface area contributed by atoms with Crippen LogP contribution in [0.4, 0.5) is 0 Å². The Morgan fingerprint density at radius 2 is 2.33 bits per heavy atom. The Morgan fingerprint density at radius 3 is 3.04 bits per heavy atom. The minimum absolute atomic E-state index is 0.137. The Balaban J connectivity index is 1.65. The van der Waals surface area contributed by atoms with E-state index < -0.39 is 0 Å². The molecule has 2 heterocycles. The average Bonchev–Trinajstić information content (AvgIpc) is 3.14. The Kier molecular flexibility index (Phi) is 5.03. The maximum atomic E-state index is 12.8. The predicted molar refractivity (Wildman–Crippen MR) is 90.2 cm³/mol. The zero-order valence-electron chi connectivity index (χ0n) is 14.1. The van der Waals surface area contributed by atoms with Gasteiger partial charge in [0.15, 0.2) is 11.5 Å². The van der Waals surface area contributed by atoms with Crippen molar-refractivity contribution in [3.05, 3.63) is 42.2 Å². The number of para-hydroxylation sites is 1. The fourth-order valence-corrected chi connectivity index (χ4v) is 3.05. The van der Waals surface area contributed by atoms with E-state index in [2.05, 4.69) is 5.10 Å². The minimum Gasteiger partial charge on any atom is -0.493 e. The van der Waals surface area contributed by atoms with Crippen LogP contribution < -0.4 is 9.47 Å². The van der Waals surface area contributed by atoms with E-state index in [1.54, 1.807) is 13.3 Å². The standard InChI is InChI=1S/C18H23N3O3/c1-3-20(10-11-21-9-5-8-19-21)18(22)15-12-14-6-4-7-16(23-2)17(14)24-13-15/h4-9,15H,3,10-13H2,1-2H3. The van der Waals surface area contributed by atoms with Gasteiger partial charge in [0, 0.05) is 25.5 Å². The third kappa shape index (κ3) is 3.37. The van der Waals surface area contributed by atoms with Crippen molar-refractivity contribution in [2.75, 3.05) is 26.8 Å². The molecule has 0 saturated carbocycles. The zero-order valence-corrected chi connectivity index (χ0v) is 14.1. The molecule has 24 heavy (non-hydrogen) atoms. The fourth-order valence-electron chi connectivity index (χ4n) is 3.05. The number of rotatable bonds is 6. The van der Waals surface area contributed by atoms with Gasteiger partial charge < -0.3 is 14.4 Å². The second-order valence-corrected chi connectivity index (χ2v) is 5.85. The van der Waals surface area contributed by atoms with Crippen molar-refractivity contribution in [3.8, 4) is 11.5 Å². The van der Waals surface area contributed by atoms with Gasteiger partial charge in [-0.2, -0.15) is 5.10 Å². The second-order valence-electron chi connectivity index (χ2n) is 5.85. The van der Waals surface area contributed by atoms with E-state index in [9.17, 15) is 4.79 Å². The lowest BCUT2D eigenvalue weighted by Gasteiger charge is -2.30. The van der Waals surface area contributed by atoms with Crippen LogP contribution in [-0.2, 0) is 17.8 Å². The van der Waals surface area contributed by atoms with Gasteiger partial charge >= 0.3 is 0 Å². The normalized spacial score (nSPS) is 16.2. The Labute approximate surface area is 142 Å². The van der Waals surface area contributed by atoms with Crippen LogP contribution in [0.5, 0.6) is 11.5 Å². The van der Waals surface area contributed by atoms with E-state index in [1.807, 2.05) is 47.0 Å². The molecular formula is C18H23N3O3. The number of likely N-dealkylation sites (N-methyl/N-ethyl adjacent to an activating group) is 1. The van der Waals surface area contributed by atoms with Gasteiger partial charge in [0.1, 0.15) is 6.61 Å². The molecule has 1 aliphatic rings. The first-order chi connectivity index (χ1) is 11.7. The van der Waals surface area contributed by atoms with Crippen LogP contribution in [0.15, 0.2) is 36.7 Å². The number of carbonyl (C=O) groups is 1. The molecule has 1 aromatic heterocycles. The first-order valence-electron chi connectivity index (χ1n) is 8.27. The molecule has 128 valence electrons. The molecule has 1 amide bonds. The summed E-state index contributed by atoms with van der Waals surface area (Å²) in [7, 11) is 1.63. The monoisotopic (exact) mass is 329 g/mol. The molecule has 0 aliphatic carbocycles. The summed E-state index contributed by atoms with van der Waals surface area (Å²) in [6.07, 6.45) is 4.34. The molecule has 1 unspecified atom stereocenters. The van der Waals surface area contributed by atoms with Crippen molar-refractivity contribution in [1.82, 2.24) is 14.7 Å². The van der Waals surface area contributed by atoms with Gasteiger partial charge in [-0.15, -0.1) is 0 Å². The van der Waals surface area contributed by atoms with Crippen molar-refractivity contribution in [1.29, 1.82) is 0 Å². The highest BCUT2D eigenvalue weighted by Crippen LogP contribution is 2.36. The van der Waals surface area contributed by atoms with Crippen LogP contribution in [0.3, 0.4) is 0 Å². The topological polar surface area (TPSA) is 56.6 Å². The predicted octanol–water partition coefficient (Wildman–Crippen LogP) is 1.99. The molecule has 3 rings (SSSR count). The summed E-state index contributed by atoms with van der Waals surface area (Å²) >= 11 is 0. The molecule has 1 aliphatic heterocycles. The molecule has 6 heteroatoms. The number of carbonyl (C=O) groups excluding carboxylic acids is 1. The van der Waals surface area contributed by atoms with E-state index in [0.29, 0.717) is 32.7 Å². The number of methoxy groups -OCH3 is 1. The van der Waals surface area contributed by atoms with Crippen molar-refractivity contribution >= 4 is 5.91 Å². The SMILES string of the molecule is CCN(CCn1cccn1)C(=O)C1COc2c(cccc2OC)C1. The molecule has 0 N–H and O–H groups in total. The van der Waals surface area contributed by atoms with Crippen molar-refractivity contribution < 1.29 is 14.3 Å². The summed E-state index contributed by atoms with van der Waals surface area (Å²) in [6, 6.07) is 7.70. The van der Waals surface area contributed by atoms with Gasteiger partial charge in [-0.1, -0.05) is 12.1 Å². The van der Waals surface area contributed by atoms with Crippen LogP contribution >= 0.6 is 0 Å². The first-order valence-corrected chi connectivity index (χ1v) is 8.27. The minimum atomic E-state index is -0.151. The van der Waals surface area contributed by atoms with E-state index >= 15 is 0 Å². The molecule has 1 atom stereocenters. The van der Waals surface area contributed by atoms with Gasteiger partial charge in [0.25, 0.3) is 0 Å². The molecule has 0 radical (unpaired) electrons. The van der Waals surface area contributed by atoms with Crippen molar-refractivity contribution in [2.45, 2.75) is 19.9 Å². The molecule has 0 spiro atoms. The fraction of sp³-hybridized carbons (Fsp3) is 0.444. The largest absolute Gasteiger partial charge is 0.493 e. The number of hydrogen-bond acceptors (Lipinski definition) is 4. The Hall–Kier alpha value is -2.50. The van der Waals surface area contributed by atoms with Crippen LogP contribution in [0, 0.1) is 5.92 Å². The molecule has 0 saturated heterocycles. The molecule has 2 aromatic rings. The zero-order chi connectivity index (χ0) is 16.9. The molecule has 6 nitrogen and oxygen atoms in total. The summed E-state index contributed by atoms with van der Waals surface area (Å²) in [6.45, 7) is 4.43. The Morgan fingerprint density at radius 1 is 1.46 bits per heavy atom. The van der Waals surface area contributed by atoms with Crippen molar-refractivity contribution in [3.63, 3.8) is 0 Å². The lowest BCUT2D eigenvalue weighted by Crippen LogP contribution is -2.42. The molecule has 0 fully saturated rings. The summed E-state index contributed by atoms with van der Waals surface area (Å²) in [5.74, 6) is 1.48. The summed E-state index contributed by atoms with van der Waals surface area (Å²) < 4.78 is 13.0. The molecule has 1 aromatic carbocycles. The van der Waals surface area contributed by atoms with Crippen molar-refractivity contribution in [2.24, 2.45) is 5.92 Å². The third-order valence-corrected chi connectivity index (χ3v) is 4.38. The number of amides is 1. The van der Waals surface area contributed by atoms with E-state index in [0.717, 1.165) is 17.1 Å². The molecule has 0 bridgehead atoms. The van der Waals surface area contributed by atoms with Gasteiger partial charge in [-0.3, -0.25) is 9.48 Å². The smallest absolute Gasteiger partial charge is 0.229 e. The van der Waals surface area contributed by atoms with Crippen LogP contribution in [-0.4, -0.2) is 47.4 Å². The van der Waals surface area contributed by atoms with E-state index in [4.69, 9.17) is 9.47 Å². The third-order valence-electron chi connectivity index (χ3n) is 4.38. The van der Waals surface area contributed by atoms with Gasteiger partial charge in [-0.05, 0) is 31.0 Å². The number of benzene rings is 1. The number of fused-ring (bicyclic) bond motifs is 1. The van der Waals surface area contributed by atoms with Gasteiger partial charge in [0.2, 0.25) is 5.91 Å². The maximum Gasteiger partial charge on any atom is 0.229 e. The first kappa shape index (κ1) is 16.4. The van der Waals surface area contributed by atoms with E-state index in [1.165, 1.54) is 0 Å². The van der Waals surface area contributed by atoms with Gasteiger partial charge in [-0.25, -0.2) is 0 Å². The maximum absolute atomic E-state index is 12.8. The lowest BCUT2D eigenvalue weighted by atomic mass is 9.95. The molecular weight excluding hydrogens is 306 g/mol. The number of hydrogen-bond donors (Lipinski definition) is 0. The number of nitrogens with zero attached hydrogens (tertiary/aromatic N) is 3. The highest BCUT2D eigenvalue weighted by molar-refractivity contribution is 5.80. The summed E-state index contributed by atoms with van der Waals surface area (Å²) in [5.41, 5.74) is 1.03. The van der Waals surface area contributed by atoms with Gasteiger partial charge in [0.05, 0.1) is 19.6 Å². The Bertz CT molecular complexity index is 685.